The molecular formula is C44H46FN11O4. The number of piperidine rings is 1. The molecule has 10 rings (SSSR count). The third kappa shape index (κ3) is 6.68. The fraction of sp³-hybridized carbons (Fsp3) is 0.386. The number of nitrogens with one attached hydrogen (secondary N) is 3. The molecule has 60 heavy (non-hydrogen) atoms. The first kappa shape index (κ1) is 37.8. The predicted molar refractivity (Wildman–Crippen MR) is 223 cm³/mol. The molecule has 1 spiro atoms. The summed E-state index contributed by atoms with van der Waals surface area (Å²) >= 11 is 0. The Morgan fingerprint density at radius 2 is 1.70 bits per heavy atom. The summed E-state index contributed by atoms with van der Waals surface area (Å²) in [6, 6.07) is 17.0. The van der Waals surface area contributed by atoms with E-state index in [1.165, 1.54) is 21.2 Å². The number of fused-ring (bicyclic) bond motifs is 2. The number of hydrogen-bond acceptors (Lipinski definition) is 10. The molecule has 5 aromatic rings. The maximum absolute atomic E-state index is 13.7. The minimum Gasteiger partial charge on any atom is -0.385 e. The van der Waals surface area contributed by atoms with Gasteiger partial charge in [0, 0.05) is 100 Å². The van der Waals surface area contributed by atoms with E-state index in [-0.39, 0.29) is 29.3 Å². The topological polar surface area (TPSA) is 160 Å². The van der Waals surface area contributed by atoms with Crippen molar-refractivity contribution < 1.29 is 23.6 Å². The SMILES string of the molecule is CNc1cc(N2CCc3c(-c4ccc(CN5CC6(CCN(C(=O)c7cccc(N8CCC(=O)NC8=O)c7C)CC6)C5)cn4)cccc32)nn2c(C(=O)N[C@@H]3C[C@@H]3F)cnc12. The minimum atomic E-state index is -1.01. The Morgan fingerprint density at radius 1 is 0.933 bits per heavy atom. The van der Waals surface area contributed by atoms with Crippen LogP contribution in [0.4, 0.5) is 32.1 Å². The Balaban J connectivity index is 0.770. The Kier molecular flexibility index (Phi) is 9.26. The number of halogens is 1. The van der Waals surface area contributed by atoms with E-state index in [1.807, 2.05) is 42.3 Å². The van der Waals surface area contributed by atoms with Crippen LogP contribution in [0.2, 0.25) is 0 Å². The van der Waals surface area contributed by atoms with E-state index >= 15 is 0 Å². The molecule has 5 aliphatic rings. The van der Waals surface area contributed by atoms with E-state index in [1.54, 1.807) is 13.1 Å². The summed E-state index contributed by atoms with van der Waals surface area (Å²) in [5.74, 6) is -0.0344. The van der Waals surface area contributed by atoms with Gasteiger partial charge in [0.2, 0.25) is 5.91 Å². The summed E-state index contributed by atoms with van der Waals surface area (Å²) < 4.78 is 15.1. The first-order chi connectivity index (χ1) is 29.1. The second kappa shape index (κ2) is 14.7. The van der Waals surface area contributed by atoms with E-state index in [0.29, 0.717) is 55.3 Å². The van der Waals surface area contributed by atoms with E-state index in [2.05, 4.69) is 55.0 Å². The van der Waals surface area contributed by atoms with E-state index in [4.69, 9.17) is 10.1 Å². The quantitative estimate of drug-likeness (QED) is 0.188. The monoisotopic (exact) mass is 811 g/mol. The van der Waals surface area contributed by atoms with Gasteiger partial charge in [-0.2, -0.15) is 0 Å². The first-order valence-electron chi connectivity index (χ1n) is 20.7. The summed E-state index contributed by atoms with van der Waals surface area (Å²) in [4.78, 5) is 68.4. The lowest BCUT2D eigenvalue weighted by atomic mass is 9.72. The largest absolute Gasteiger partial charge is 0.385 e. The normalized spacial score (nSPS) is 20.9. The van der Waals surface area contributed by atoms with Crippen molar-refractivity contribution in [2.24, 2.45) is 5.41 Å². The van der Waals surface area contributed by atoms with E-state index < -0.39 is 24.2 Å². The van der Waals surface area contributed by atoms with Crippen LogP contribution < -0.4 is 25.8 Å². The maximum atomic E-state index is 13.7. The van der Waals surface area contributed by atoms with Crippen molar-refractivity contribution in [3.63, 3.8) is 0 Å². The molecule has 2 aromatic carbocycles. The van der Waals surface area contributed by atoms with Gasteiger partial charge in [-0.15, -0.1) is 5.10 Å². The zero-order chi connectivity index (χ0) is 41.3. The number of amides is 5. The van der Waals surface area contributed by atoms with Crippen LogP contribution in [0, 0.1) is 12.3 Å². The molecule has 0 bridgehead atoms. The highest BCUT2D eigenvalue weighted by Crippen LogP contribution is 2.43. The lowest BCUT2D eigenvalue weighted by molar-refractivity contribution is -0.120. The number of nitrogens with zero attached hydrogens (tertiary/aromatic N) is 8. The van der Waals surface area contributed by atoms with Crippen molar-refractivity contribution >= 4 is 52.3 Å². The Morgan fingerprint density at radius 3 is 2.43 bits per heavy atom. The number of likely N-dealkylation sites (tertiary alicyclic amines) is 2. The summed E-state index contributed by atoms with van der Waals surface area (Å²) in [6.45, 7) is 7.01. The Labute approximate surface area is 345 Å². The van der Waals surface area contributed by atoms with Gasteiger partial charge in [-0.3, -0.25) is 34.5 Å². The fourth-order valence-electron chi connectivity index (χ4n) is 9.46. The van der Waals surface area contributed by atoms with Crippen LogP contribution in [0.15, 0.2) is 67.0 Å². The van der Waals surface area contributed by atoms with Crippen LogP contribution in [-0.4, -0.2) is 112 Å². The van der Waals surface area contributed by atoms with Gasteiger partial charge in [0.15, 0.2) is 17.2 Å². The minimum absolute atomic E-state index is 0.0183. The van der Waals surface area contributed by atoms with Gasteiger partial charge in [0.25, 0.3) is 11.8 Å². The highest BCUT2D eigenvalue weighted by molar-refractivity contribution is 6.07. The predicted octanol–water partition coefficient (Wildman–Crippen LogP) is 4.86. The number of pyridine rings is 1. The number of rotatable bonds is 9. The third-order valence-corrected chi connectivity index (χ3v) is 12.9. The van der Waals surface area contributed by atoms with Gasteiger partial charge < -0.3 is 20.4 Å². The average molecular weight is 812 g/mol. The van der Waals surface area contributed by atoms with Gasteiger partial charge in [-0.05, 0) is 72.6 Å². The molecule has 3 aromatic heterocycles. The second-order valence-electron chi connectivity index (χ2n) is 16.8. The fourth-order valence-corrected chi connectivity index (χ4v) is 9.46. The van der Waals surface area contributed by atoms with E-state index in [9.17, 15) is 23.6 Å². The highest BCUT2D eigenvalue weighted by Gasteiger charge is 2.45. The van der Waals surface area contributed by atoms with Crippen LogP contribution in [0.25, 0.3) is 16.9 Å². The number of carbonyl (C=O) groups is 4. The number of carbonyl (C=O) groups excluding carboxylic acids is 4. The lowest BCUT2D eigenvalue weighted by Crippen LogP contribution is -2.60. The smallest absolute Gasteiger partial charge is 0.328 e. The summed E-state index contributed by atoms with van der Waals surface area (Å²) in [6.07, 6.45) is 5.68. The Hall–Kier alpha value is -6.42. The van der Waals surface area contributed by atoms with Crippen LogP contribution in [0.5, 0.6) is 0 Å². The van der Waals surface area contributed by atoms with Crippen molar-refractivity contribution in [3.8, 4) is 11.3 Å². The lowest BCUT2D eigenvalue weighted by Gasteiger charge is -2.54. The molecule has 4 aliphatic heterocycles. The third-order valence-electron chi connectivity index (χ3n) is 12.9. The van der Waals surface area contributed by atoms with Crippen LogP contribution in [0.1, 0.15) is 63.2 Å². The molecule has 15 nitrogen and oxygen atoms in total. The maximum Gasteiger partial charge on any atom is 0.328 e. The zero-order valence-corrected chi connectivity index (χ0v) is 33.6. The van der Waals surface area contributed by atoms with Gasteiger partial charge in [-0.25, -0.2) is 18.7 Å². The molecule has 0 radical (unpaired) electrons. The van der Waals surface area contributed by atoms with E-state index in [0.717, 1.165) is 72.7 Å². The molecule has 3 saturated heterocycles. The van der Waals surface area contributed by atoms with Gasteiger partial charge in [0.1, 0.15) is 6.17 Å². The number of urea groups is 1. The van der Waals surface area contributed by atoms with Crippen LogP contribution in [0.3, 0.4) is 0 Å². The van der Waals surface area contributed by atoms with Crippen molar-refractivity contribution in [3.05, 3.63) is 94.9 Å². The molecule has 0 unspecified atom stereocenters. The van der Waals surface area contributed by atoms with Gasteiger partial charge >= 0.3 is 6.03 Å². The number of anilines is 4. The number of hydrogen-bond donors (Lipinski definition) is 3. The molecule has 4 fully saturated rings. The summed E-state index contributed by atoms with van der Waals surface area (Å²) in [5, 5.41) is 13.2. The molecule has 308 valence electrons. The van der Waals surface area contributed by atoms with Crippen LogP contribution >= 0.6 is 0 Å². The molecular weight excluding hydrogens is 766 g/mol. The van der Waals surface area contributed by atoms with Crippen molar-refractivity contribution in [2.75, 3.05) is 61.4 Å². The number of aromatic nitrogens is 4. The Bertz CT molecular complexity index is 2560. The molecule has 2 atom stereocenters. The van der Waals surface area contributed by atoms with Gasteiger partial charge in [0.05, 0.1) is 23.6 Å². The van der Waals surface area contributed by atoms with Gasteiger partial charge in [-0.1, -0.05) is 24.3 Å². The van der Waals surface area contributed by atoms with Crippen molar-refractivity contribution in [1.29, 1.82) is 0 Å². The molecule has 3 N–H and O–H groups in total. The molecule has 16 heteroatoms. The number of alkyl halides is 1. The molecule has 7 heterocycles. The molecule has 1 aliphatic carbocycles. The standard InChI is InChI=1S/C44H46FN11O4/c1-26-28(5-3-7-35(26)55-16-12-39(57)50-43(55)60)42(59)53-17-13-44(14-18-53)24-52(25-44)23-27-9-10-32(47-21-27)29-6-4-8-36-30(29)11-15-54(36)38-20-34(46-2)40-48-22-37(56(40)51-38)41(58)49-33-19-31(33)45/h3-10,20-22,31,33,46H,11-19,23-25H2,1-2H3,(H,49,58)(H,50,57,60)/t31-,33+/m0/s1. The van der Waals surface area contributed by atoms with Crippen molar-refractivity contribution in [1.82, 2.24) is 40.0 Å². The second-order valence-corrected chi connectivity index (χ2v) is 16.8. The highest BCUT2D eigenvalue weighted by atomic mass is 19.1. The summed E-state index contributed by atoms with van der Waals surface area (Å²) in [7, 11) is 1.81. The first-order valence-corrected chi connectivity index (χ1v) is 20.7. The zero-order valence-electron chi connectivity index (χ0n) is 33.6. The average Bonchev–Trinajstić information content (AvgIpc) is 3.55. The number of imide groups is 1. The summed E-state index contributed by atoms with van der Waals surface area (Å²) in [5.41, 5.74) is 9.04. The molecule has 1 saturated carbocycles. The van der Waals surface area contributed by atoms with Crippen molar-refractivity contribution in [2.45, 2.75) is 57.8 Å². The number of imidazole rings is 1. The number of benzene rings is 2. The molecule has 5 amide bonds. The van der Waals surface area contributed by atoms with Crippen LogP contribution in [-0.2, 0) is 17.8 Å².